The van der Waals surface area contributed by atoms with Crippen molar-refractivity contribution in [3.05, 3.63) is 0 Å². The molecule has 0 atom stereocenters. The number of aliphatic hydroxyl groups is 1. The largest absolute Gasteiger partial charge is 0.396 e. The lowest BCUT2D eigenvalue weighted by Crippen LogP contribution is -2.40. The van der Waals surface area contributed by atoms with Gasteiger partial charge in [-0.25, -0.2) is 0 Å². The molecule has 146 valence electrons. The van der Waals surface area contributed by atoms with E-state index in [1.807, 2.05) is 0 Å². The van der Waals surface area contributed by atoms with Crippen molar-refractivity contribution in [3.63, 3.8) is 0 Å². The van der Waals surface area contributed by atoms with Crippen LogP contribution in [0, 0.1) is 0 Å². The van der Waals surface area contributed by atoms with Crippen molar-refractivity contribution in [1.82, 2.24) is 10.2 Å². The fourth-order valence-corrected chi connectivity index (χ4v) is 3.08. The van der Waals surface area contributed by atoms with Gasteiger partial charge < -0.3 is 15.3 Å². The summed E-state index contributed by atoms with van der Waals surface area (Å²) in [4.78, 5) is 2.33. The lowest BCUT2D eigenvalue weighted by Gasteiger charge is -2.21. The van der Waals surface area contributed by atoms with Crippen LogP contribution in [0.25, 0.3) is 0 Å². The van der Waals surface area contributed by atoms with E-state index in [1.165, 1.54) is 96.6 Å². The molecule has 1 aliphatic heterocycles. The highest BCUT2D eigenvalue weighted by molar-refractivity contribution is 4.62. The molecular formula is C21H46N2O. The summed E-state index contributed by atoms with van der Waals surface area (Å²) >= 11 is 0. The second-order valence-electron chi connectivity index (χ2n) is 7.37. The van der Waals surface area contributed by atoms with Gasteiger partial charge >= 0.3 is 0 Å². The Bertz CT molecular complexity index is 204. The van der Waals surface area contributed by atoms with Crippen LogP contribution in [0.5, 0.6) is 0 Å². The molecule has 0 spiro atoms. The van der Waals surface area contributed by atoms with Crippen molar-refractivity contribution in [2.45, 2.75) is 96.8 Å². The molecule has 3 heteroatoms. The molecule has 1 saturated heterocycles. The van der Waals surface area contributed by atoms with Gasteiger partial charge in [-0.05, 0) is 13.5 Å². The third-order valence-electron chi connectivity index (χ3n) is 4.85. The van der Waals surface area contributed by atoms with Crippen molar-refractivity contribution in [1.29, 1.82) is 0 Å². The van der Waals surface area contributed by atoms with Gasteiger partial charge in [-0.1, -0.05) is 90.4 Å². The number of unbranched alkanes of at least 4 members (excludes halogenated alkanes) is 13. The predicted molar refractivity (Wildman–Crippen MR) is 108 cm³/mol. The first kappa shape index (κ1) is 23.9. The van der Waals surface area contributed by atoms with Crippen LogP contribution in [0.2, 0.25) is 0 Å². The van der Waals surface area contributed by atoms with Crippen molar-refractivity contribution >= 4 is 0 Å². The van der Waals surface area contributed by atoms with E-state index in [1.54, 1.807) is 0 Å². The Labute approximate surface area is 152 Å². The maximum Gasteiger partial charge on any atom is 0.0431 e. The van der Waals surface area contributed by atoms with Gasteiger partial charge in [0.15, 0.2) is 0 Å². The van der Waals surface area contributed by atoms with Crippen LogP contribution >= 0.6 is 0 Å². The van der Waals surface area contributed by atoms with Crippen molar-refractivity contribution in [3.8, 4) is 0 Å². The number of rotatable bonds is 14. The Kier molecular flexibility index (Phi) is 20.8. The minimum atomic E-state index is 0.373. The molecule has 24 heavy (non-hydrogen) atoms. The third kappa shape index (κ3) is 19.9. The van der Waals surface area contributed by atoms with Crippen LogP contribution in [0.15, 0.2) is 0 Å². The molecule has 0 amide bonds. The van der Waals surface area contributed by atoms with Gasteiger partial charge in [-0.3, -0.25) is 0 Å². The number of aliphatic hydroxyl groups excluding tert-OH is 1. The molecule has 0 unspecified atom stereocenters. The molecule has 0 aliphatic carbocycles. The number of nitrogens with one attached hydrogen (secondary N) is 1. The average molecular weight is 343 g/mol. The normalized spacial score (nSPS) is 15.1. The first-order valence-corrected chi connectivity index (χ1v) is 10.8. The van der Waals surface area contributed by atoms with Gasteiger partial charge in [-0.2, -0.15) is 0 Å². The smallest absolute Gasteiger partial charge is 0.0431 e. The summed E-state index contributed by atoms with van der Waals surface area (Å²) in [6, 6.07) is 0. The molecule has 0 bridgehead atoms. The first-order valence-electron chi connectivity index (χ1n) is 10.8. The fraction of sp³-hybridized carbons (Fsp3) is 1.00. The van der Waals surface area contributed by atoms with Crippen LogP contribution in [-0.4, -0.2) is 49.8 Å². The summed E-state index contributed by atoms with van der Waals surface area (Å²) in [5, 5.41) is 11.9. The minimum Gasteiger partial charge on any atom is -0.396 e. The fourth-order valence-electron chi connectivity index (χ4n) is 3.08. The molecule has 0 radical (unpaired) electrons. The minimum absolute atomic E-state index is 0.373. The van der Waals surface area contributed by atoms with Crippen LogP contribution in [0.1, 0.15) is 96.8 Å². The molecule has 0 saturated carbocycles. The Morgan fingerprint density at radius 3 is 1.33 bits per heavy atom. The third-order valence-corrected chi connectivity index (χ3v) is 4.85. The molecule has 0 aromatic rings. The van der Waals surface area contributed by atoms with Crippen molar-refractivity contribution in [2.24, 2.45) is 0 Å². The number of piperazine rings is 1. The lowest BCUT2D eigenvalue weighted by molar-refractivity contribution is 0.282. The first-order chi connectivity index (χ1) is 11.8. The highest BCUT2D eigenvalue weighted by Gasteiger charge is 2.01. The van der Waals surface area contributed by atoms with E-state index in [0.717, 1.165) is 19.5 Å². The monoisotopic (exact) mass is 342 g/mol. The summed E-state index contributed by atoms with van der Waals surface area (Å²) in [6.45, 7) is 7.39. The Morgan fingerprint density at radius 1 is 0.667 bits per heavy atom. The zero-order chi connectivity index (χ0) is 17.7. The Hall–Kier alpha value is -0.120. The highest BCUT2D eigenvalue weighted by Crippen LogP contribution is 2.12. The summed E-state index contributed by atoms with van der Waals surface area (Å²) in [5.74, 6) is 0. The topological polar surface area (TPSA) is 35.5 Å². The Morgan fingerprint density at radius 2 is 1.04 bits per heavy atom. The molecule has 1 aliphatic rings. The molecular weight excluding hydrogens is 296 g/mol. The zero-order valence-corrected chi connectivity index (χ0v) is 16.8. The highest BCUT2D eigenvalue weighted by atomic mass is 16.2. The van der Waals surface area contributed by atoms with Crippen LogP contribution < -0.4 is 5.32 Å². The van der Waals surface area contributed by atoms with Crippen molar-refractivity contribution < 1.29 is 5.11 Å². The number of hydrogen-bond donors (Lipinski definition) is 2. The van der Waals surface area contributed by atoms with E-state index in [-0.39, 0.29) is 0 Å². The molecule has 3 nitrogen and oxygen atoms in total. The maximum atomic E-state index is 8.64. The number of likely N-dealkylation sites (N-methyl/N-ethyl adjacent to an activating group) is 1. The van der Waals surface area contributed by atoms with Gasteiger partial charge in [0.25, 0.3) is 0 Å². The van der Waals surface area contributed by atoms with E-state index in [0.29, 0.717) is 6.61 Å². The van der Waals surface area contributed by atoms with E-state index in [9.17, 15) is 0 Å². The maximum absolute atomic E-state index is 8.64. The molecule has 1 rings (SSSR count). The van der Waals surface area contributed by atoms with Gasteiger partial charge in [0, 0.05) is 32.8 Å². The predicted octanol–water partition coefficient (Wildman–Crippen LogP) is 4.98. The summed E-state index contributed by atoms with van der Waals surface area (Å²) in [5.41, 5.74) is 0. The molecule has 1 fully saturated rings. The van der Waals surface area contributed by atoms with E-state index < -0.39 is 0 Å². The zero-order valence-electron chi connectivity index (χ0n) is 16.8. The number of hydrogen-bond acceptors (Lipinski definition) is 3. The Balaban J connectivity index is 0.000000620. The second-order valence-corrected chi connectivity index (χ2v) is 7.37. The van der Waals surface area contributed by atoms with Crippen LogP contribution in [0.3, 0.4) is 0 Å². The molecule has 0 aromatic carbocycles. The van der Waals surface area contributed by atoms with Gasteiger partial charge in [0.05, 0.1) is 0 Å². The standard InChI is InChI=1S/C16H34O.C5H12N2/c1-2-3-4-5-6-7-8-9-10-11-12-13-14-15-16-17;1-7-4-2-6-3-5-7/h17H,2-16H2,1H3;6H,2-5H2,1H3. The van der Waals surface area contributed by atoms with Gasteiger partial charge in [-0.15, -0.1) is 0 Å². The SMILES string of the molecule is CCCCCCCCCCCCCCCCO.CN1CCNCC1. The average Bonchev–Trinajstić information content (AvgIpc) is 2.60. The van der Waals surface area contributed by atoms with Gasteiger partial charge in [0.1, 0.15) is 0 Å². The van der Waals surface area contributed by atoms with Crippen LogP contribution in [-0.2, 0) is 0 Å². The lowest BCUT2D eigenvalue weighted by atomic mass is 10.0. The summed E-state index contributed by atoms with van der Waals surface area (Å²) < 4.78 is 0. The second kappa shape index (κ2) is 20.9. The van der Waals surface area contributed by atoms with Crippen molar-refractivity contribution in [2.75, 3.05) is 39.8 Å². The summed E-state index contributed by atoms with van der Waals surface area (Å²) in [6.07, 6.45) is 19.2. The molecule has 1 heterocycles. The quantitative estimate of drug-likeness (QED) is 0.437. The van der Waals surface area contributed by atoms with Gasteiger partial charge in [0.2, 0.25) is 0 Å². The summed E-state index contributed by atoms with van der Waals surface area (Å²) in [7, 11) is 2.15. The molecule has 0 aromatic heterocycles. The number of nitrogens with zero attached hydrogens (tertiary/aromatic N) is 1. The molecule has 2 N–H and O–H groups in total. The van der Waals surface area contributed by atoms with E-state index in [2.05, 4.69) is 24.2 Å². The van der Waals surface area contributed by atoms with E-state index in [4.69, 9.17) is 5.11 Å². The van der Waals surface area contributed by atoms with E-state index >= 15 is 0 Å². The van der Waals surface area contributed by atoms with Crippen LogP contribution in [0.4, 0.5) is 0 Å².